The second-order valence-corrected chi connectivity index (χ2v) is 4.87. The van der Waals surface area contributed by atoms with E-state index >= 15 is 0 Å². The van der Waals surface area contributed by atoms with E-state index in [1.165, 1.54) is 19.3 Å². The van der Waals surface area contributed by atoms with Crippen molar-refractivity contribution in [1.82, 2.24) is 9.97 Å². The molecular weight excluding hydrogens is 232 g/mol. The van der Waals surface area contributed by atoms with Crippen LogP contribution in [0.15, 0.2) is 49.6 Å². The van der Waals surface area contributed by atoms with Crippen LogP contribution in [-0.2, 0) is 0 Å². The Balaban J connectivity index is 2.60. The second kappa shape index (κ2) is 9.26. The Hall–Kier alpha value is -1.70. The molecule has 1 aromatic heterocycles. The summed E-state index contributed by atoms with van der Waals surface area (Å²) < 4.78 is 0. The van der Waals surface area contributed by atoms with E-state index in [2.05, 4.69) is 42.5 Å². The van der Waals surface area contributed by atoms with Gasteiger partial charge in [0.2, 0.25) is 0 Å². The van der Waals surface area contributed by atoms with Gasteiger partial charge in [0.05, 0.1) is 0 Å². The lowest BCUT2D eigenvalue weighted by atomic mass is 9.99. The van der Waals surface area contributed by atoms with Crippen LogP contribution >= 0.6 is 0 Å². The van der Waals surface area contributed by atoms with Crippen LogP contribution in [0.5, 0.6) is 0 Å². The maximum absolute atomic E-state index is 4.05. The number of hydrogen-bond donors (Lipinski definition) is 0. The Morgan fingerprint density at radius 2 is 2.11 bits per heavy atom. The molecule has 2 nitrogen and oxygen atoms in total. The molecule has 19 heavy (non-hydrogen) atoms. The minimum absolute atomic E-state index is 0.744. The Labute approximate surface area is 117 Å². The molecule has 0 spiro atoms. The van der Waals surface area contributed by atoms with E-state index in [0.717, 1.165) is 23.5 Å². The maximum Gasteiger partial charge on any atom is 0.115 e. The molecule has 102 valence electrons. The summed E-state index contributed by atoms with van der Waals surface area (Å²) in [6.07, 6.45) is 18.4. The van der Waals surface area contributed by atoms with Gasteiger partial charge in [0.25, 0.3) is 0 Å². The third kappa shape index (κ3) is 6.14. The van der Waals surface area contributed by atoms with Crippen LogP contribution in [0.4, 0.5) is 0 Å². The van der Waals surface area contributed by atoms with Crippen LogP contribution in [0.25, 0.3) is 5.57 Å². The highest BCUT2D eigenvalue weighted by molar-refractivity contribution is 5.74. The molecule has 1 atom stereocenters. The van der Waals surface area contributed by atoms with E-state index in [1.54, 1.807) is 12.4 Å². The van der Waals surface area contributed by atoms with Gasteiger partial charge in [-0.05, 0) is 17.9 Å². The number of aromatic nitrogens is 2. The van der Waals surface area contributed by atoms with E-state index in [4.69, 9.17) is 0 Å². The van der Waals surface area contributed by atoms with Gasteiger partial charge in [-0.1, -0.05) is 64.0 Å². The minimum Gasteiger partial charge on any atom is -0.244 e. The first-order valence-electron chi connectivity index (χ1n) is 7.02. The lowest BCUT2D eigenvalue weighted by Crippen LogP contribution is -1.92. The zero-order chi connectivity index (χ0) is 13.9. The van der Waals surface area contributed by atoms with Crippen LogP contribution in [0.1, 0.15) is 45.1 Å². The summed E-state index contributed by atoms with van der Waals surface area (Å²) in [7, 11) is 0. The molecule has 0 amide bonds. The van der Waals surface area contributed by atoms with Crippen molar-refractivity contribution in [2.45, 2.75) is 39.5 Å². The van der Waals surface area contributed by atoms with Gasteiger partial charge in [-0.25, -0.2) is 9.97 Å². The summed E-state index contributed by atoms with van der Waals surface area (Å²) in [5.74, 6) is 0.744. The van der Waals surface area contributed by atoms with Crippen molar-refractivity contribution < 1.29 is 0 Å². The van der Waals surface area contributed by atoms with E-state index in [-0.39, 0.29) is 0 Å². The van der Waals surface area contributed by atoms with Crippen LogP contribution in [0, 0.1) is 5.92 Å². The average Bonchev–Trinajstić information content (AvgIpc) is 2.45. The highest BCUT2D eigenvalue weighted by Crippen LogP contribution is 2.17. The van der Waals surface area contributed by atoms with Gasteiger partial charge >= 0.3 is 0 Å². The van der Waals surface area contributed by atoms with Crippen molar-refractivity contribution in [3.63, 3.8) is 0 Å². The summed E-state index contributed by atoms with van der Waals surface area (Å²) in [4.78, 5) is 8.10. The molecule has 1 aromatic rings. The van der Waals surface area contributed by atoms with Gasteiger partial charge < -0.3 is 0 Å². The summed E-state index contributed by atoms with van der Waals surface area (Å²) >= 11 is 0. The molecule has 0 saturated carbocycles. The lowest BCUT2D eigenvalue weighted by Gasteiger charge is -2.07. The van der Waals surface area contributed by atoms with Crippen LogP contribution in [0.2, 0.25) is 0 Å². The van der Waals surface area contributed by atoms with E-state index in [0.29, 0.717) is 0 Å². The van der Waals surface area contributed by atoms with Gasteiger partial charge in [0.1, 0.15) is 6.33 Å². The van der Waals surface area contributed by atoms with E-state index in [9.17, 15) is 0 Å². The monoisotopic (exact) mass is 256 g/mol. The third-order valence-corrected chi connectivity index (χ3v) is 3.08. The van der Waals surface area contributed by atoms with Crippen LogP contribution in [-0.4, -0.2) is 9.97 Å². The molecule has 1 rings (SSSR count). The van der Waals surface area contributed by atoms with Gasteiger partial charge in [0, 0.05) is 18.0 Å². The molecule has 2 heteroatoms. The van der Waals surface area contributed by atoms with Crippen LogP contribution in [0.3, 0.4) is 0 Å². The number of rotatable bonds is 8. The molecule has 0 aliphatic carbocycles. The van der Waals surface area contributed by atoms with Gasteiger partial charge in [-0.3, -0.25) is 0 Å². The fourth-order valence-corrected chi connectivity index (χ4v) is 1.92. The summed E-state index contributed by atoms with van der Waals surface area (Å²) in [6, 6.07) is 0. The smallest absolute Gasteiger partial charge is 0.115 e. The molecule has 0 saturated heterocycles. The minimum atomic E-state index is 0.744. The first kappa shape index (κ1) is 15.4. The number of unbranched alkanes of at least 4 members (excludes halogenated alkanes) is 1. The lowest BCUT2D eigenvalue weighted by molar-refractivity contribution is 0.512. The largest absolute Gasteiger partial charge is 0.244 e. The predicted molar refractivity (Wildman–Crippen MR) is 82.7 cm³/mol. The van der Waals surface area contributed by atoms with Crippen molar-refractivity contribution in [1.29, 1.82) is 0 Å². The van der Waals surface area contributed by atoms with Crippen molar-refractivity contribution in [2.75, 3.05) is 0 Å². The van der Waals surface area contributed by atoms with Crippen LogP contribution < -0.4 is 0 Å². The summed E-state index contributed by atoms with van der Waals surface area (Å²) in [5.41, 5.74) is 2.14. The molecular formula is C17H24N2. The molecule has 0 aromatic carbocycles. The maximum atomic E-state index is 4.05. The Kier molecular flexibility index (Phi) is 7.48. The Morgan fingerprint density at radius 3 is 2.74 bits per heavy atom. The number of hydrogen-bond acceptors (Lipinski definition) is 2. The standard InChI is InChI=1S/C17H24N2/c1-4-6-9-15(3)10-7-11-16(8-5-2)17-12-18-14-19-13-17/h5,7-8,11-15H,2,4,6,9-10H2,1,3H3/b11-7-,16-8+. The Bertz CT molecular complexity index is 418. The van der Waals surface area contributed by atoms with Gasteiger partial charge in [0.15, 0.2) is 0 Å². The fourth-order valence-electron chi connectivity index (χ4n) is 1.92. The number of nitrogens with zero attached hydrogens (tertiary/aromatic N) is 2. The topological polar surface area (TPSA) is 25.8 Å². The Morgan fingerprint density at radius 1 is 1.37 bits per heavy atom. The molecule has 0 radical (unpaired) electrons. The summed E-state index contributed by atoms with van der Waals surface area (Å²) in [5, 5.41) is 0. The molecule has 1 heterocycles. The molecule has 0 fully saturated rings. The SMILES string of the molecule is C=C/C=C(\C=C/CC(C)CCCC)c1cncnc1. The van der Waals surface area contributed by atoms with Crippen molar-refractivity contribution in [2.24, 2.45) is 5.92 Å². The second-order valence-electron chi connectivity index (χ2n) is 4.87. The first-order valence-corrected chi connectivity index (χ1v) is 7.02. The predicted octanol–water partition coefficient (Wildman–Crippen LogP) is 4.82. The quantitative estimate of drug-likeness (QED) is 0.623. The van der Waals surface area contributed by atoms with E-state index in [1.807, 2.05) is 18.5 Å². The van der Waals surface area contributed by atoms with E-state index < -0.39 is 0 Å². The van der Waals surface area contributed by atoms with Crippen molar-refractivity contribution in [3.8, 4) is 0 Å². The fraction of sp³-hybridized carbons (Fsp3) is 0.412. The highest BCUT2D eigenvalue weighted by atomic mass is 14.8. The third-order valence-electron chi connectivity index (χ3n) is 3.08. The first-order chi connectivity index (χ1) is 9.27. The van der Waals surface area contributed by atoms with Gasteiger partial charge in [-0.15, -0.1) is 0 Å². The molecule has 0 aliphatic rings. The molecule has 0 N–H and O–H groups in total. The molecule has 1 unspecified atom stereocenters. The average molecular weight is 256 g/mol. The zero-order valence-electron chi connectivity index (χ0n) is 12.0. The summed E-state index contributed by atoms with van der Waals surface area (Å²) in [6.45, 7) is 8.31. The van der Waals surface area contributed by atoms with Crippen molar-refractivity contribution >= 4 is 5.57 Å². The zero-order valence-corrected chi connectivity index (χ0v) is 12.0. The van der Waals surface area contributed by atoms with Crippen molar-refractivity contribution in [3.05, 3.63) is 55.2 Å². The highest BCUT2D eigenvalue weighted by Gasteiger charge is 2.00. The molecule has 0 bridgehead atoms. The van der Waals surface area contributed by atoms with Gasteiger partial charge in [-0.2, -0.15) is 0 Å². The normalized spacial score (nSPS) is 13.7. The number of allylic oxidation sites excluding steroid dienone is 5. The molecule has 0 aliphatic heterocycles.